The first-order chi connectivity index (χ1) is 16.6. The highest BCUT2D eigenvalue weighted by atomic mass is 32.2. The van der Waals surface area contributed by atoms with E-state index >= 15 is 0 Å². The number of nitrogens with zero attached hydrogens (tertiary/aromatic N) is 4. The monoisotopic (exact) mass is 477 g/mol. The Kier molecular flexibility index (Phi) is 6.30. The van der Waals surface area contributed by atoms with Crippen LogP contribution in [-0.4, -0.2) is 45.1 Å². The maximum Gasteiger partial charge on any atom is 0.269 e. The van der Waals surface area contributed by atoms with Crippen molar-refractivity contribution in [3.63, 3.8) is 0 Å². The van der Waals surface area contributed by atoms with Crippen LogP contribution < -0.4 is 5.32 Å². The predicted octanol–water partition coefficient (Wildman–Crippen LogP) is 4.08. The number of nitrogens with one attached hydrogen (secondary N) is 1. The van der Waals surface area contributed by atoms with Gasteiger partial charge < -0.3 is 10.4 Å². The number of aliphatic hydroxyl groups excluding tert-OH is 1. The molecule has 0 unspecified atom stereocenters. The molecule has 1 aliphatic carbocycles. The fourth-order valence-corrected chi connectivity index (χ4v) is 6.01. The molecule has 34 heavy (non-hydrogen) atoms. The summed E-state index contributed by atoms with van der Waals surface area (Å²) in [6.07, 6.45) is 9.90. The number of anilines is 1. The molecule has 1 saturated carbocycles. The first-order valence-electron chi connectivity index (χ1n) is 11.5. The average molecular weight is 478 g/mol. The van der Waals surface area contributed by atoms with Crippen LogP contribution in [0.5, 0.6) is 0 Å². The number of hydrogen-bond acceptors (Lipinski definition) is 7. The van der Waals surface area contributed by atoms with Crippen molar-refractivity contribution in [2.75, 3.05) is 11.9 Å². The Morgan fingerprint density at radius 1 is 0.971 bits per heavy atom. The van der Waals surface area contributed by atoms with E-state index in [4.69, 9.17) is 4.98 Å². The van der Waals surface area contributed by atoms with Crippen molar-refractivity contribution < 1.29 is 13.5 Å². The molecule has 4 aromatic rings. The Bertz CT molecular complexity index is 1380. The van der Waals surface area contributed by atoms with Gasteiger partial charge in [-0.2, -0.15) is 0 Å². The topological polar surface area (TPSA) is 110 Å². The minimum Gasteiger partial charge on any atom is -0.396 e. The molecule has 3 heterocycles. The highest BCUT2D eigenvalue weighted by Gasteiger charge is 2.24. The average Bonchev–Trinajstić information content (AvgIpc) is 3.27. The zero-order chi connectivity index (χ0) is 23.5. The molecule has 0 bridgehead atoms. The van der Waals surface area contributed by atoms with Gasteiger partial charge in [-0.05, 0) is 68.4 Å². The molecule has 176 valence electrons. The van der Waals surface area contributed by atoms with Gasteiger partial charge in [0.15, 0.2) is 5.65 Å². The predicted molar refractivity (Wildman–Crippen MR) is 131 cm³/mol. The summed E-state index contributed by atoms with van der Waals surface area (Å²) in [7, 11) is -3.82. The zero-order valence-corrected chi connectivity index (χ0v) is 19.5. The summed E-state index contributed by atoms with van der Waals surface area (Å²) in [5.74, 6) is 1.11. The zero-order valence-electron chi connectivity index (χ0n) is 18.7. The summed E-state index contributed by atoms with van der Waals surface area (Å²) >= 11 is 0. The minimum atomic E-state index is -3.82. The van der Waals surface area contributed by atoms with Crippen LogP contribution >= 0.6 is 0 Å². The third kappa shape index (κ3) is 4.41. The normalized spacial score (nSPS) is 18.7. The summed E-state index contributed by atoms with van der Waals surface area (Å²) in [5.41, 5.74) is 1.67. The molecule has 2 N–H and O–H groups in total. The van der Waals surface area contributed by atoms with Crippen molar-refractivity contribution in [3.05, 3.63) is 67.1 Å². The number of aliphatic hydroxyl groups is 1. The first kappa shape index (κ1) is 22.5. The highest BCUT2D eigenvalue weighted by Crippen LogP contribution is 2.32. The van der Waals surface area contributed by atoms with Gasteiger partial charge in [-0.25, -0.2) is 27.3 Å². The molecule has 0 saturated heterocycles. The molecule has 8 nitrogen and oxygen atoms in total. The van der Waals surface area contributed by atoms with E-state index in [0.29, 0.717) is 34.2 Å². The van der Waals surface area contributed by atoms with Crippen LogP contribution in [-0.2, 0) is 10.0 Å². The lowest BCUT2D eigenvalue weighted by Gasteiger charge is -2.28. The molecule has 0 spiro atoms. The van der Waals surface area contributed by atoms with E-state index in [0.717, 1.165) is 32.1 Å². The van der Waals surface area contributed by atoms with Gasteiger partial charge in [0, 0.05) is 42.2 Å². The van der Waals surface area contributed by atoms with Gasteiger partial charge in [0.05, 0.1) is 10.6 Å². The van der Waals surface area contributed by atoms with Crippen LogP contribution in [0.15, 0.2) is 72.0 Å². The Balaban J connectivity index is 1.47. The Labute approximate surface area is 198 Å². The smallest absolute Gasteiger partial charge is 0.269 e. The number of pyridine rings is 1. The fourth-order valence-electron chi connectivity index (χ4n) is 4.66. The van der Waals surface area contributed by atoms with Crippen molar-refractivity contribution in [3.8, 4) is 11.3 Å². The summed E-state index contributed by atoms with van der Waals surface area (Å²) in [5, 5.41) is 13.3. The van der Waals surface area contributed by atoms with Crippen LogP contribution in [0.3, 0.4) is 0 Å². The van der Waals surface area contributed by atoms with Crippen molar-refractivity contribution in [2.45, 2.75) is 43.0 Å². The van der Waals surface area contributed by atoms with Crippen LogP contribution in [0.4, 0.5) is 5.95 Å². The number of benzene rings is 1. The van der Waals surface area contributed by atoms with E-state index in [1.165, 1.54) is 3.97 Å². The van der Waals surface area contributed by atoms with Gasteiger partial charge in [-0.15, -0.1) is 0 Å². The maximum absolute atomic E-state index is 13.4. The van der Waals surface area contributed by atoms with E-state index in [2.05, 4.69) is 15.3 Å². The lowest BCUT2D eigenvalue weighted by atomic mass is 9.84. The lowest BCUT2D eigenvalue weighted by Crippen LogP contribution is -2.27. The van der Waals surface area contributed by atoms with E-state index in [1.807, 2.05) is 6.07 Å². The number of rotatable bonds is 7. The van der Waals surface area contributed by atoms with Gasteiger partial charge in [0.2, 0.25) is 5.95 Å². The third-order valence-electron chi connectivity index (χ3n) is 6.48. The lowest BCUT2D eigenvalue weighted by molar-refractivity contribution is 0.225. The van der Waals surface area contributed by atoms with Crippen molar-refractivity contribution >= 4 is 27.0 Å². The summed E-state index contributed by atoms with van der Waals surface area (Å²) in [6, 6.07) is 14.0. The number of fused-ring (bicyclic) bond motifs is 1. The van der Waals surface area contributed by atoms with Crippen molar-refractivity contribution in [1.82, 2.24) is 18.9 Å². The van der Waals surface area contributed by atoms with Gasteiger partial charge in [-0.1, -0.05) is 18.2 Å². The van der Waals surface area contributed by atoms with Gasteiger partial charge in [0.1, 0.15) is 0 Å². The molecule has 0 radical (unpaired) electrons. The molecular formula is C25H27N5O3S. The van der Waals surface area contributed by atoms with E-state index in [1.54, 1.807) is 61.1 Å². The third-order valence-corrected chi connectivity index (χ3v) is 8.14. The quantitative estimate of drug-likeness (QED) is 0.413. The summed E-state index contributed by atoms with van der Waals surface area (Å²) in [6.45, 7) is 0.246. The number of aromatic nitrogens is 4. The van der Waals surface area contributed by atoms with Crippen molar-refractivity contribution in [2.24, 2.45) is 5.92 Å². The standard InChI is InChI=1S/C25H27N5O3S/c31-16-13-18-8-10-19(11-9-18)28-25-27-15-12-23(29-25)22-17-30(24-21(22)7-4-14-26-24)34(32,33)20-5-2-1-3-6-20/h1-7,12,14-15,17-19,31H,8-11,13,16H2,(H,27,28,29)/t18-,19-. The number of hydrogen-bond donors (Lipinski definition) is 2. The van der Waals surface area contributed by atoms with Crippen LogP contribution in [0, 0.1) is 5.92 Å². The second-order valence-corrected chi connectivity index (χ2v) is 10.5. The molecule has 0 amide bonds. The van der Waals surface area contributed by atoms with Gasteiger partial charge in [-0.3, -0.25) is 0 Å². The highest BCUT2D eigenvalue weighted by molar-refractivity contribution is 7.90. The minimum absolute atomic E-state index is 0.200. The molecular weight excluding hydrogens is 450 g/mol. The molecule has 1 fully saturated rings. The van der Waals surface area contributed by atoms with E-state index < -0.39 is 10.0 Å². The Morgan fingerprint density at radius 3 is 2.53 bits per heavy atom. The van der Waals surface area contributed by atoms with Gasteiger partial charge >= 0.3 is 0 Å². The molecule has 9 heteroatoms. The molecule has 0 aliphatic heterocycles. The van der Waals surface area contributed by atoms with Gasteiger partial charge in [0.25, 0.3) is 10.0 Å². The maximum atomic E-state index is 13.4. The fraction of sp³-hybridized carbons (Fsp3) is 0.320. The molecule has 5 rings (SSSR count). The molecule has 3 aromatic heterocycles. The van der Waals surface area contributed by atoms with Crippen LogP contribution in [0.2, 0.25) is 0 Å². The van der Waals surface area contributed by atoms with E-state index in [9.17, 15) is 13.5 Å². The molecule has 1 aromatic carbocycles. The molecule has 0 atom stereocenters. The summed E-state index contributed by atoms with van der Waals surface area (Å²) in [4.78, 5) is 13.7. The summed E-state index contributed by atoms with van der Waals surface area (Å²) < 4.78 is 27.9. The SMILES string of the molecule is O=S(=O)(c1ccccc1)n1cc(-c2ccnc(N[C@H]3CC[C@H](CCO)CC3)n2)c2cccnc21. The Hall–Kier alpha value is -3.30. The van der Waals surface area contributed by atoms with E-state index in [-0.39, 0.29) is 17.5 Å². The first-order valence-corrected chi connectivity index (χ1v) is 13.0. The largest absolute Gasteiger partial charge is 0.396 e. The second-order valence-electron chi connectivity index (χ2n) is 8.67. The van der Waals surface area contributed by atoms with Crippen LogP contribution in [0.1, 0.15) is 32.1 Å². The van der Waals surface area contributed by atoms with Crippen LogP contribution in [0.25, 0.3) is 22.3 Å². The Morgan fingerprint density at radius 2 is 1.76 bits per heavy atom. The van der Waals surface area contributed by atoms with Crippen molar-refractivity contribution in [1.29, 1.82) is 0 Å². The second kappa shape index (κ2) is 9.52. The molecule has 1 aliphatic rings.